The van der Waals surface area contributed by atoms with Crippen LogP contribution in [0.15, 0.2) is 55.0 Å². The van der Waals surface area contributed by atoms with Gasteiger partial charge in [0.25, 0.3) is 0 Å². The second-order valence-corrected chi connectivity index (χ2v) is 7.94. The number of pyridine rings is 1. The van der Waals surface area contributed by atoms with Gasteiger partial charge in [0.05, 0.1) is 16.5 Å². The maximum absolute atomic E-state index is 10.0. The van der Waals surface area contributed by atoms with Crippen molar-refractivity contribution >= 4 is 17.2 Å². The lowest BCUT2D eigenvalue weighted by atomic mass is 9.71. The molecule has 0 N–H and O–H groups in total. The molecule has 2 saturated heterocycles. The van der Waals surface area contributed by atoms with E-state index < -0.39 is 5.41 Å². The van der Waals surface area contributed by atoms with Crippen LogP contribution in [0, 0.1) is 11.3 Å². The summed E-state index contributed by atoms with van der Waals surface area (Å²) in [6.07, 6.45) is 9.69. The van der Waals surface area contributed by atoms with Crippen molar-refractivity contribution in [3.63, 3.8) is 0 Å². The van der Waals surface area contributed by atoms with Gasteiger partial charge in [0.15, 0.2) is 0 Å². The van der Waals surface area contributed by atoms with Crippen molar-refractivity contribution in [2.75, 3.05) is 0 Å². The second kappa shape index (κ2) is 6.78. The van der Waals surface area contributed by atoms with E-state index in [1.807, 2.05) is 18.3 Å². The highest BCUT2D eigenvalue weighted by molar-refractivity contribution is 6.30. The molecule has 0 amide bonds. The van der Waals surface area contributed by atoms with E-state index in [1.165, 1.54) is 11.1 Å². The average molecular weight is 364 g/mol. The van der Waals surface area contributed by atoms with E-state index in [0.29, 0.717) is 17.1 Å². The molecule has 2 aliphatic rings. The average Bonchev–Trinajstić information content (AvgIpc) is 2.91. The fourth-order valence-corrected chi connectivity index (χ4v) is 4.73. The molecule has 2 aliphatic heterocycles. The molecule has 0 radical (unpaired) electrons. The van der Waals surface area contributed by atoms with Crippen LogP contribution >= 0.6 is 11.6 Å². The van der Waals surface area contributed by atoms with Gasteiger partial charge in [0, 0.05) is 30.7 Å². The molecule has 2 aromatic rings. The number of rotatable bonds is 3. The van der Waals surface area contributed by atoms with Crippen molar-refractivity contribution in [3.8, 4) is 6.07 Å². The number of nitrogens with zero attached hydrogens (tertiary/aromatic N) is 3. The fraction of sp³-hybridized carbons (Fsp3) is 0.364. The summed E-state index contributed by atoms with van der Waals surface area (Å²) >= 11 is 6.14. The number of halogens is 1. The summed E-state index contributed by atoms with van der Waals surface area (Å²) in [5.74, 6) is 0. The van der Waals surface area contributed by atoms with Crippen molar-refractivity contribution in [3.05, 3.63) is 71.1 Å². The van der Waals surface area contributed by atoms with Crippen molar-refractivity contribution in [2.24, 2.45) is 0 Å². The van der Waals surface area contributed by atoms with Crippen LogP contribution in [0.4, 0.5) is 0 Å². The van der Waals surface area contributed by atoms with E-state index in [2.05, 4.69) is 53.3 Å². The number of nitriles is 1. The Morgan fingerprint density at radius 3 is 2.54 bits per heavy atom. The van der Waals surface area contributed by atoms with Gasteiger partial charge in [0.1, 0.15) is 0 Å². The minimum atomic E-state index is -0.477. The number of benzene rings is 1. The van der Waals surface area contributed by atoms with Crippen LogP contribution < -0.4 is 0 Å². The summed E-state index contributed by atoms with van der Waals surface area (Å²) < 4.78 is 0. The molecular weight excluding hydrogens is 342 g/mol. The fourth-order valence-electron chi connectivity index (χ4n) is 4.56. The summed E-state index contributed by atoms with van der Waals surface area (Å²) in [5.41, 5.74) is 3.02. The van der Waals surface area contributed by atoms with Crippen LogP contribution in [0.25, 0.3) is 5.57 Å². The molecule has 0 saturated carbocycles. The molecule has 3 nitrogen and oxygen atoms in total. The van der Waals surface area contributed by atoms with Gasteiger partial charge < -0.3 is 4.90 Å². The normalized spacial score (nSPS) is 28.0. The predicted molar refractivity (Wildman–Crippen MR) is 105 cm³/mol. The molecule has 26 heavy (non-hydrogen) atoms. The van der Waals surface area contributed by atoms with Crippen molar-refractivity contribution in [2.45, 2.75) is 50.1 Å². The molecule has 4 rings (SSSR count). The van der Waals surface area contributed by atoms with E-state index in [4.69, 9.17) is 11.6 Å². The Morgan fingerprint density at radius 2 is 1.92 bits per heavy atom. The molecule has 2 fully saturated rings. The number of hydrogen-bond acceptors (Lipinski definition) is 3. The lowest BCUT2D eigenvalue weighted by Gasteiger charge is -2.43. The first-order valence-electron chi connectivity index (χ1n) is 9.15. The van der Waals surface area contributed by atoms with Gasteiger partial charge in [-0.1, -0.05) is 41.9 Å². The highest BCUT2D eigenvalue weighted by Crippen LogP contribution is 2.47. The predicted octanol–water partition coefficient (Wildman–Crippen LogP) is 5.18. The zero-order valence-corrected chi connectivity index (χ0v) is 15.7. The van der Waals surface area contributed by atoms with Crippen molar-refractivity contribution in [1.29, 1.82) is 5.26 Å². The van der Waals surface area contributed by atoms with Gasteiger partial charge in [-0.15, -0.1) is 0 Å². The molecule has 4 heteroatoms. The molecule has 3 heterocycles. The first kappa shape index (κ1) is 17.1. The summed E-state index contributed by atoms with van der Waals surface area (Å²) in [5, 5.41) is 10.6. The zero-order valence-electron chi connectivity index (χ0n) is 14.9. The number of hydrogen-bond donors (Lipinski definition) is 0. The van der Waals surface area contributed by atoms with Crippen molar-refractivity contribution < 1.29 is 0 Å². The SMILES string of the molecule is C/C(=C\N1C2CCC1CC(C#N)(c1cncc(Cl)c1)C2)c1ccccc1. The molecule has 0 aliphatic carbocycles. The molecule has 1 aromatic heterocycles. The maximum atomic E-state index is 10.0. The number of piperidine rings is 1. The molecule has 2 atom stereocenters. The lowest BCUT2D eigenvalue weighted by Crippen LogP contribution is -2.46. The quantitative estimate of drug-likeness (QED) is 0.753. The molecular formula is C22H22ClN3. The lowest BCUT2D eigenvalue weighted by molar-refractivity contribution is 0.159. The molecule has 2 unspecified atom stereocenters. The summed E-state index contributed by atoms with van der Waals surface area (Å²) in [6.45, 7) is 2.17. The minimum Gasteiger partial charge on any atom is -0.371 e. The third-order valence-corrected chi connectivity index (χ3v) is 6.09. The van der Waals surface area contributed by atoms with E-state index in [1.54, 1.807) is 6.20 Å². The second-order valence-electron chi connectivity index (χ2n) is 7.50. The number of aromatic nitrogens is 1. The largest absolute Gasteiger partial charge is 0.371 e. The topological polar surface area (TPSA) is 39.9 Å². The van der Waals surface area contributed by atoms with Crippen molar-refractivity contribution in [1.82, 2.24) is 9.88 Å². The highest BCUT2D eigenvalue weighted by atomic mass is 35.5. The maximum Gasteiger partial charge on any atom is 0.0876 e. The molecule has 2 bridgehead atoms. The van der Waals surface area contributed by atoms with Gasteiger partial charge in [-0.25, -0.2) is 0 Å². The van der Waals surface area contributed by atoms with E-state index in [9.17, 15) is 5.26 Å². The zero-order chi connectivity index (χ0) is 18.1. The first-order chi connectivity index (χ1) is 12.6. The van der Waals surface area contributed by atoms with E-state index in [-0.39, 0.29) is 0 Å². The first-order valence-corrected chi connectivity index (χ1v) is 9.53. The summed E-state index contributed by atoms with van der Waals surface area (Å²) in [6, 6.07) is 15.8. The Bertz CT molecular complexity index is 854. The minimum absolute atomic E-state index is 0.394. The third kappa shape index (κ3) is 2.99. The summed E-state index contributed by atoms with van der Waals surface area (Å²) in [7, 11) is 0. The number of fused-ring (bicyclic) bond motifs is 2. The van der Waals surface area contributed by atoms with Gasteiger partial charge in [-0.2, -0.15) is 5.26 Å². The monoisotopic (exact) mass is 363 g/mol. The standard InChI is InChI=1S/C22H22ClN3/c1-16(17-5-3-2-4-6-17)14-26-20-7-8-21(26)11-22(10-20,15-24)18-9-19(23)13-25-12-18/h2-6,9,12-14,20-21H,7-8,10-11H2,1H3/b16-14+. The summed E-state index contributed by atoms with van der Waals surface area (Å²) in [4.78, 5) is 6.72. The molecule has 132 valence electrons. The van der Waals surface area contributed by atoms with E-state index in [0.717, 1.165) is 31.2 Å². The Morgan fingerprint density at radius 1 is 1.23 bits per heavy atom. The molecule has 1 aromatic carbocycles. The number of allylic oxidation sites excluding steroid dienone is 1. The Hall–Kier alpha value is -2.31. The van der Waals surface area contributed by atoms with E-state index >= 15 is 0 Å². The highest BCUT2D eigenvalue weighted by Gasteiger charge is 2.49. The van der Waals surface area contributed by atoms with Crippen LogP contribution in [0.2, 0.25) is 5.02 Å². The Kier molecular flexibility index (Phi) is 4.46. The Balaban J connectivity index is 1.62. The van der Waals surface area contributed by atoms with Crippen LogP contribution in [-0.2, 0) is 5.41 Å². The molecule has 0 spiro atoms. The van der Waals surface area contributed by atoms with Crippen LogP contribution in [-0.4, -0.2) is 22.0 Å². The third-order valence-electron chi connectivity index (χ3n) is 5.89. The van der Waals surface area contributed by atoms with Gasteiger partial charge in [-0.3, -0.25) is 4.98 Å². The Labute approximate surface area is 159 Å². The van der Waals surface area contributed by atoms with Gasteiger partial charge in [-0.05, 0) is 55.4 Å². The van der Waals surface area contributed by atoms with Gasteiger partial charge >= 0.3 is 0 Å². The smallest absolute Gasteiger partial charge is 0.0876 e. The van der Waals surface area contributed by atoms with Crippen LogP contribution in [0.5, 0.6) is 0 Å². The van der Waals surface area contributed by atoms with Crippen LogP contribution in [0.3, 0.4) is 0 Å². The van der Waals surface area contributed by atoms with Gasteiger partial charge in [0.2, 0.25) is 0 Å². The van der Waals surface area contributed by atoms with Crippen LogP contribution in [0.1, 0.15) is 43.7 Å².